The van der Waals surface area contributed by atoms with E-state index in [1.807, 2.05) is 0 Å². The van der Waals surface area contributed by atoms with E-state index in [2.05, 4.69) is 20.4 Å². The SMILES string of the molecule is C=C1[C@@H]2CC[C@H]3[C@]4(C)CCC[C@](C)(CO)[C@H]4CC[C@]3(C2)[C@@H]1O. The zero-order valence-corrected chi connectivity index (χ0v) is 14.3. The smallest absolute Gasteiger partial charge is 0.0809 e. The second-order valence-electron chi connectivity index (χ2n) is 9.50. The van der Waals surface area contributed by atoms with Gasteiger partial charge in [-0.15, -0.1) is 0 Å². The molecule has 2 nitrogen and oxygen atoms in total. The summed E-state index contributed by atoms with van der Waals surface area (Å²) in [4.78, 5) is 0. The van der Waals surface area contributed by atoms with Crippen LogP contribution in [0.2, 0.25) is 0 Å². The van der Waals surface area contributed by atoms with Crippen LogP contribution in [0.25, 0.3) is 0 Å². The van der Waals surface area contributed by atoms with Crippen LogP contribution in [0, 0.1) is 34.0 Å². The molecule has 0 aromatic carbocycles. The van der Waals surface area contributed by atoms with Gasteiger partial charge >= 0.3 is 0 Å². The molecule has 4 saturated carbocycles. The molecule has 0 unspecified atom stereocenters. The fraction of sp³-hybridized carbons (Fsp3) is 0.900. The fourth-order valence-corrected chi connectivity index (χ4v) is 7.68. The Balaban J connectivity index is 1.76. The minimum absolute atomic E-state index is 0.0893. The number of hydrogen-bond donors (Lipinski definition) is 2. The molecule has 22 heavy (non-hydrogen) atoms. The summed E-state index contributed by atoms with van der Waals surface area (Å²) in [6.45, 7) is 9.37. The first kappa shape index (κ1) is 15.2. The molecule has 0 aromatic rings. The minimum Gasteiger partial charge on any atom is -0.396 e. The van der Waals surface area contributed by atoms with E-state index in [4.69, 9.17) is 0 Å². The van der Waals surface area contributed by atoms with E-state index in [0.29, 0.717) is 29.8 Å². The monoisotopic (exact) mass is 304 g/mol. The van der Waals surface area contributed by atoms with Crippen molar-refractivity contribution in [3.63, 3.8) is 0 Å². The van der Waals surface area contributed by atoms with Gasteiger partial charge in [-0.3, -0.25) is 0 Å². The second kappa shape index (κ2) is 4.60. The van der Waals surface area contributed by atoms with Gasteiger partial charge in [-0.05, 0) is 79.1 Å². The molecule has 124 valence electrons. The van der Waals surface area contributed by atoms with E-state index in [9.17, 15) is 10.2 Å². The summed E-state index contributed by atoms with van der Waals surface area (Å²) in [6.07, 6.45) is 9.39. The van der Waals surface area contributed by atoms with Crippen molar-refractivity contribution < 1.29 is 10.2 Å². The number of hydrogen-bond acceptors (Lipinski definition) is 2. The van der Waals surface area contributed by atoms with E-state index in [1.54, 1.807) is 0 Å². The van der Waals surface area contributed by atoms with Crippen molar-refractivity contribution in [1.82, 2.24) is 0 Å². The van der Waals surface area contributed by atoms with Crippen molar-refractivity contribution in [2.45, 2.75) is 71.3 Å². The number of aliphatic hydroxyl groups is 2. The lowest BCUT2D eigenvalue weighted by Gasteiger charge is -2.64. The zero-order valence-electron chi connectivity index (χ0n) is 14.3. The van der Waals surface area contributed by atoms with Gasteiger partial charge in [-0.2, -0.15) is 0 Å². The average molecular weight is 304 g/mol. The van der Waals surface area contributed by atoms with Crippen molar-refractivity contribution in [2.24, 2.45) is 34.0 Å². The van der Waals surface area contributed by atoms with Crippen LogP contribution in [0.1, 0.15) is 65.2 Å². The second-order valence-corrected chi connectivity index (χ2v) is 9.50. The number of fused-ring (bicyclic) bond motifs is 3. The fourth-order valence-electron chi connectivity index (χ4n) is 7.68. The first-order valence-corrected chi connectivity index (χ1v) is 9.35. The average Bonchev–Trinajstić information content (AvgIpc) is 2.68. The molecule has 2 bridgehead atoms. The van der Waals surface area contributed by atoms with E-state index >= 15 is 0 Å². The predicted molar refractivity (Wildman–Crippen MR) is 88.3 cm³/mol. The van der Waals surface area contributed by atoms with E-state index in [-0.39, 0.29) is 16.9 Å². The third kappa shape index (κ3) is 1.64. The summed E-state index contributed by atoms with van der Waals surface area (Å²) >= 11 is 0. The van der Waals surface area contributed by atoms with Gasteiger partial charge in [0.05, 0.1) is 6.10 Å². The molecule has 0 radical (unpaired) electrons. The first-order chi connectivity index (χ1) is 10.4. The molecule has 0 aliphatic heterocycles. The molecule has 0 heterocycles. The number of rotatable bonds is 1. The molecule has 2 N–H and O–H groups in total. The van der Waals surface area contributed by atoms with Crippen LogP contribution in [0.15, 0.2) is 12.2 Å². The normalized spacial score (nSPS) is 57.4. The van der Waals surface area contributed by atoms with Crippen LogP contribution in [0.5, 0.6) is 0 Å². The Kier molecular flexibility index (Phi) is 3.18. The Bertz CT molecular complexity index is 500. The van der Waals surface area contributed by atoms with Crippen molar-refractivity contribution in [1.29, 1.82) is 0 Å². The van der Waals surface area contributed by atoms with Crippen LogP contribution in [0.3, 0.4) is 0 Å². The molecule has 7 atom stereocenters. The quantitative estimate of drug-likeness (QED) is 0.721. The van der Waals surface area contributed by atoms with Crippen molar-refractivity contribution in [3.05, 3.63) is 12.2 Å². The summed E-state index contributed by atoms with van der Waals surface area (Å²) in [5, 5.41) is 21.1. The third-order valence-corrected chi connectivity index (χ3v) is 8.70. The lowest BCUT2D eigenvalue weighted by Crippen LogP contribution is -2.59. The Hall–Kier alpha value is -0.340. The first-order valence-electron chi connectivity index (χ1n) is 9.35. The minimum atomic E-state index is -0.273. The van der Waals surface area contributed by atoms with Gasteiger partial charge in [-0.25, -0.2) is 0 Å². The molecular weight excluding hydrogens is 272 g/mol. The molecule has 4 aliphatic carbocycles. The molecule has 0 aromatic heterocycles. The molecule has 1 spiro atoms. The molecule has 0 amide bonds. The lowest BCUT2D eigenvalue weighted by molar-refractivity contribution is -0.178. The Morgan fingerprint density at radius 1 is 1.09 bits per heavy atom. The molecule has 4 rings (SSSR count). The summed E-state index contributed by atoms with van der Waals surface area (Å²) < 4.78 is 0. The Morgan fingerprint density at radius 3 is 2.59 bits per heavy atom. The van der Waals surface area contributed by atoms with Crippen LogP contribution in [-0.2, 0) is 0 Å². The molecule has 4 fully saturated rings. The topological polar surface area (TPSA) is 40.5 Å². The molecule has 4 aliphatic rings. The molecule has 0 saturated heterocycles. The standard InChI is InChI=1S/C20H32O2/c1-13-14-5-6-16-19(3)9-4-8-18(2,12-21)15(19)7-10-20(16,11-14)17(13)22/h14-17,21-22H,1,4-12H2,2-3H3/t14-,15-,16+,17-,18-,19-,20-/m1/s1. The molecule has 2 heteroatoms. The summed E-state index contributed by atoms with van der Waals surface area (Å²) in [7, 11) is 0. The highest BCUT2D eigenvalue weighted by molar-refractivity contribution is 5.27. The van der Waals surface area contributed by atoms with Crippen molar-refractivity contribution in [3.8, 4) is 0 Å². The van der Waals surface area contributed by atoms with Gasteiger partial charge in [-0.1, -0.05) is 26.8 Å². The summed E-state index contributed by atoms with van der Waals surface area (Å²) in [5.74, 6) is 1.81. The number of aliphatic hydroxyl groups excluding tert-OH is 2. The van der Waals surface area contributed by atoms with Crippen LogP contribution < -0.4 is 0 Å². The van der Waals surface area contributed by atoms with Crippen LogP contribution in [0.4, 0.5) is 0 Å². The maximum atomic E-state index is 11.0. The van der Waals surface area contributed by atoms with E-state index in [1.165, 1.54) is 44.9 Å². The van der Waals surface area contributed by atoms with Crippen LogP contribution in [-0.4, -0.2) is 22.9 Å². The highest BCUT2D eigenvalue weighted by Gasteiger charge is 2.66. The largest absolute Gasteiger partial charge is 0.396 e. The highest BCUT2D eigenvalue weighted by atomic mass is 16.3. The van der Waals surface area contributed by atoms with Crippen molar-refractivity contribution >= 4 is 0 Å². The van der Waals surface area contributed by atoms with Crippen LogP contribution >= 0.6 is 0 Å². The Labute approximate surface area is 135 Å². The third-order valence-electron chi connectivity index (χ3n) is 8.70. The maximum Gasteiger partial charge on any atom is 0.0809 e. The predicted octanol–water partition coefficient (Wildman–Crippen LogP) is 3.92. The maximum absolute atomic E-state index is 11.0. The van der Waals surface area contributed by atoms with Gasteiger partial charge in [0, 0.05) is 12.0 Å². The van der Waals surface area contributed by atoms with Gasteiger partial charge in [0.1, 0.15) is 0 Å². The zero-order chi connectivity index (χ0) is 15.8. The Morgan fingerprint density at radius 2 is 1.86 bits per heavy atom. The van der Waals surface area contributed by atoms with E-state index in [0.717, 1.165) is 12.0 Å². The summed E-state index contributed by atoms with van der Waals surface area (Å²) in [5.41, 5.74) is 1.63. The van der Waals surface area contributed by atoms with Gasteiger partial charge in [0.15, 0.2) is 0 Å². The van der Waals surface area contributed by atoms with Gasteiger partial charge in [0.2, 0.25) is 0 Å². The summed E-state index contributed by atoms with van der Waals surface area (Å²) in [6, 6.07) is 0. The van der Waals surface area contributed by atoms with Gasteiger partial charge < -0.3 is 10.2 Å². The van der Waals surface area contributed by atoms with Gasteiger partial charge in [0.25, 0.3) is 0 Å². The highest BCUT2D eigenvalue weighted by Crippen LogP contribution is 2.71. The molecular formula is C20H32O2. The lowest BCUT2D eigenvalue weighted by atomic mass is 9.41. The van der Waals surface area contributed by atoms with Crippen molar-refractivity contribution in [2.75, 3.05) is 6.61 Å². The van der Waals surface area contributed by atoms with E-state index < -0.39 is 0 Å².